The lowest BCUT2D eigenvalue weighted by atomic mass is 10.3. The molecule has 5 heteroatoms. The first-order chi connectivity index (χ1) is 11.3. The number of benzene rings is 2. The number of ether oxygens (including phenoxy) is 2. The van der Waals surface area contributed by atoms with Crippen molar-refractivity contribution in [3.8, 4) is 11.5 Å². The van der Waals surface area contributed by atoms with E-state index in [0.717, 1.165) is 41.3 Å². The summed E-state index contributed by atoms with van der Waals surface area (Å²) in [5, 5.41) is 0. The second-order valence-corrected chi connectivity index (χ2v) is 5.28. The summed E-state index contributed by atoms with van der Waals surface area (Å²) in [7, 11) is 1.64. The second kappa shape index (κ2) is 7.15. The summed E-state index contributed by atoms with van der Waals surface area (Å²) in [4.78, 5) is 4.69. The first-order valence-electron chi connectivity index (χ1n) is 7.73. The van der Waals surface area contributed by atoms with Crippen molar-refractivity contribution in [2.45, 2.75) is 19.6 Å². The normalized spacial score (nSPS) is 10.9. The highest BCUT2D eigenvalue weighted by Gasteiger charge is 2.10. The van der Waals surface area contributed by atoms with Crippen molar-refractivity contribution in [2.24, 2.45) is 5.73 Å². The zero-order valence-corrected chi connectivity index (χ0v) is 13.2. The molecule has 0 radical (unpaired) electrons. The van der Waals surface area contributed by atoms with E-state index in [1.165, 1.54) is 0 Å². The molecule has 0 amide bonds. The average Bonchev–Trinajstić information content (AvgIpc) is 2.96. The van der Waals surface area contributed by atoms with E-state index in [0.29, 0.717) is 13.2 Å². The highest BCUT2D eigenvalue weighted by molar-refractivity contribution is 5.75. The van der Waals surface area contributed by atoms with Gasteiger partial charge in [0.15, 0.2) is 0 Å². The summed E-state index contributed by atoms with van der Waals surface area (Å²) in [6.07, 6.45) is 0.909. The lowest BCUT2D eigenvalue weighted by Crippen LogP contribution is -2.10. The number of methoxy groups -OCH3 is 1. The van der Waals surface area contributed by atoms with Crippen LogP contribution in [0, 0.1) is 0 Å². The summed E-state index contributed by atoms with van der Waals surface area (Å²) in [5.74, 6) is 2.45. The minimum atomic E-state index is 0.409. The maximum absolute atomic E-state index is 5.89. The van der Waals surface area contributed by atoms with Crippen molar-refractivity contribution in [3.05, 3.63) is 54.4 Å². The van der Waals surface area contributed by atoms with Crippen LogP contribution in [-0.2, 0) is 13.2 Å². The minimum Gasteiger partial charge on any atom is -0.497 e. The lowest BCUT2D eigenvalue weighted by molar-refractivity contribution is 0.288. The van der Waals surface area contributed by atoms with Gasteiger partial charge in [-0.1, -0.05) is 18.2 Å². The number of nitrogens with two attached hydrogens (primary N) is 1. The molecule has 2 aromatic carbocycles. The van der Waals surface area contributed by atoms with Gasteiger partial charge in [0.1, 0.15) is 23.9 Å². The molecule has 0 fully saturated rings. The maximum atomic E-state index is 5.89. The first kappa shape index (κ1) is 15.4. The largest absolute Gasteiger partial charge is 0.497 e. The van der Waals surface area contributed by atoms with Crippen LogP contribution in [0.4, 0.5) is 0 Å². The van der Waals surface area contributed by atoms with Crippen LogP contribution in [0.1, 0.15) is 12.2 Å². The molecule has 23 heavy (non-hydrogen) atoms. The maximum Gasteiger partial charge on any atom is 0.147 e. The van der Waals surface area contributed by atoms with Crippen LogP contribution in [0.5, 0.6) is 11.5 Å². The quantitative estimate of drug-likeness (QED) is 0.728. The number of aryl methyl sites for hydroxylation is 1. The average molecular weight is 311 g/mol. The third-order valence-electron chi connectivity index (χ3n) is 3.73. The molecule has 120 valence electrons. The van der Waals surface area contributed by atoms with Gasteiger partial charge in [0.2, 0.25) is 0 Å². The molecule has 0 saturated carbocycles. The Kier molecular flexibility index (Phi) is 4.78. The predicted molar refractivity (Wildman–Crippen MR) is 90.7 cm³/mol. The van der Waals surface area contributed by atoms with E-state index < -0.39 is 0 Å². The van der Waals surface area contributed by atoms with E-state index >= 15 is 0 Å². The lowest BCUT2D eigenvalue weighted by Gasteiger charge is -2.10. The molecular weight excluding hydrogens is 290 g/mol. The first-order valence-corrected chi connectivity index (χ1v) is 7.73. The molecule has 5 nitrogen and oxygen atoms in total. The van der Waals surface area contributed by atoms with Crippen molar-refractivity contribution >= 4 is 11.0 Å². The van der Waals surface area contributed by atoms with E-state index in [4.69, 9.17) is 15.2 Å². The highest BCUT2D eigenvalue weighted by Crippen LogP contribution is 2.21. The number of rotatable bonds is 7. The van der Waals surface area contributed by atoms with Gasteiger partial charge >= 0.3 is 0 Å². The molecule has 2 N–H and O–H groups in total. The Hall–Kier alpha value is -2.53. The number of fused-ring (bicyclic) bond motifs is 1. The summed E-state index contributed by atoms with van der Waals surface area (Å²) >= 11 is 0. The number of para-hydroxylation sites is 2. The van der Waals surface area contributed by atoms with Gasteiger partial charge in [-0.3, -0.25) is 0 Å². The molecule has 0 aliphatic carbocycles. The second-order valence-electron chi connectivity index (χ2n) is 5.28. The Morgan fingerprint density at radius 3 is 2.74 bits per heavy atom. The van der Waals surface area contributed by atoms with E-state index in [1.54, 1.807) is 7.11 Å². The summed E-state index contributed by atoms with van der Waals surface area (Å²) in [5.41, 5.74) is 7.75. The fourth-order valence-electron chi connectivity index (χ4n) is 2.57. The van der Waals surface area contributed by atoms with Crippen molar-refractivity contribution in [3.63, 3.8) is 0 Å². The number of hydrogen-bond acceptors (Lipinski definition) is 4. The SMILES string of the molecule is COc1cccc(OCc2nc3ccccc3n2CCCN)c1. The number of imidazole rings is 1. The highest BCUT2D eigenvalue weighted by atomic mass is 16.5. The summed E-state index contributed by atoms with van der Waals surface area (Å²) in [6.45, 7) is 1.91. The zero-order valence-electron chi connectivity index (χ0n) is 13.2. The minimum absolute atomic E-state index is 0.409. The summed E-state index contributed by atoms with van der Waals surface area (Å²) < 4.78 is 13.3. The molecule has 3 rings (SSSR count). The fraction of sp³-hybridized carbons (Fsp3) is 0.278. The Morgan fingerprint density at radius 2 is 1.91 bits per heavy atom. The number of hydrogen-bond donors (Lipinski definition) is 1. The standard InChI is InChI=1S/C18H21N3O2/c1-22-14-6-4-7-15(12-14)23-13-18-20-16-8-2-3-9-17(16)21(18)11-5-10-19/h2-4,6-9,12H,5,10-11,13,19H2,1H3. The predicted octanol–water partition coefficient (Wildman–Crippen LogP) is 2.97. The molecule has 0 atom stereocenters. The Bertz CT molecular complexity index is 783. The van der Waals surface area contributed by atoms with E-state index in [-0.39, 0.29) is 0 Å². The van der Waals surface area contributed by atoms with E-state index in [1.807, 2.05) is 42.5 Å². The van der Waals surface area contributed by atoms with Gasteiger partial charge in [-0.2, -0.15) is 0 Å². The topological polar surface area (TPSA) is 62.3 Å². The molecule has 0 aliphatic rings. The Balaban J connectivity index is 1.83. The molecule has 0 aliphatic heterocycles. The van der Waals surface area contributed by atoms with Crippen LogP contribution in [0.3, 0.4) is 0 Å². The molecule has 1 heterocycles. The molecule has 0 saturated heterocycles. The van der Waals surface area contributed by atoms with Gasteiger partial charge in [0, 0.05) is 12.6 Å². The van der Waals surface area contributed by atoms with Gasteiger partial charge in [0.25, 0.3) is 0 Å². The monoisotopic (exact) mass is 311 g/mol. The number of aromatic nitrogens is 2. The van der Waals surface area contributed by atoms with Gasteiger partial charge in [-0.25, -0.2) is 4.98 Å². The Morgan fingerprint density at radius 1 is 1.09 bits per heavy atom. The van der Waals surface area contributed by atoms with E-state index in [9.17, 15) is 0 Å². The third-order valence-corrected chi connectivity index (χ3v) is 3.73. The van der Waals surface area contributed by atoms with Gasteiger partial charge in [0.05, 0.1) is 18.1 Å². The molecular formula is C18H21N3O2. The number of nitrogens with zero attached hydrogens (tertiary/aromatic N) is 2. The Labute approximate surface area is 135 Å². The van der Waals surface area contributed by atoms with Gasteiger partial charge < -0.3 is 19.8 Å². The van der Waals surface area contributed by atoms with Crippen LogP contribution < -0.4 is 15.2 Å². The summed E-state index contributed by atoms with van der Waals surface area (Å²) in [6, 6.07) is 15.7. The van der Waals surface area contributed by atoms with Crippen LogP contribution in [-0.4, -0.2) is 23.2 Å². The molecule has 3 aromatic rings. The zero-order chi connectivity index (χ0) is 16.1. The van der Waals surface area contributed by atoms with Crippen LogP contribution in [0.15, 0.2) is 48.5 Å². The van der Waals surface area contributed by atoms with Crippen LogP contribution in [0.25, 0.3) is 11.0 Å². The molecule has 0 unspecified atom stereocenters. The van der Waals surface area contributed by atoms with Crippen molar-refractivity contribution in [1.29, 1.82) is 0 Å². The van der Waals surface area contributed by atoms with Crippen molar-refractivity contribution < 1.29 is 9.47 Å². The molecule has 0 spiro atoms. The molecule has 1 aromatic heterocycles. The van der Waals surface area contributed by atoms with Crippen LogP contribution >= 0.6 is 0 Å². The fourth-order valence-corrected chi connectivity index (χ4v) is 2.57. The van der Waals surface area contributed by atoms with Gasteiger partial charge in [-0.15, -0.1) is 0 Å². The van der Waals surface area contributed by atoms with E-state index in [2.05, 4.69) is 15.6 Å². The third kappa shape index (κ3) is 3.46. The van der Waals surface area contributed by atoms with Gasteiger partial charge in [-0.05, 0) is 37.2 Å². The van der Waals surface area contributed by atoms with Crippen LogP contribution in [0.2, 0.25) is 0 Å². The van der Waals surface area contributed by atoms with Crippen molar-refractivity contribution in [1.82, 2.24) is 9.55 Å². The molecule has 0 bridgehead atoms. The smallest absolute Gasteiger partial charge is 0.147 e. The van der Waals surface area contributed by atoms with Crippen molar-refractivity contribution in [2.75, 3.05) is 13.7 Å².